The van der Waals surface area contributed by atoms with Gasteiger partial charge in [0.15, 0.2) is 0 Å². The van der Waals surface area contributed by atoms with Gasteiger partial charge < -0.3 is 5.32 Å². The number of hydrogen-bond acceptors (Lipinski definition) is 1. The van der Waals surface area contributed by atoms with Gasteiger partial charge in [-0.2, -0.15) is 0 Å². The van der Waals surface area contributed by atoms with E-state index >= 15 is 0 Å². The molecule has 1 nitrogen and oxygen atoms in total. The van der Waals surface area contributed by atoms with Crippen LogP contribution < -0.4 is 5.32 Å². The summed E-state index contributed by atoms with van der Waals surface area (Å²) >= 11 is 0. The van der Waals surface area contributed by atoms with E-state index in [0.29, 0.717) is 0 Å². The first-order valence-corrected chi connectivity index (χ1v) is 6.47. The molecular weight excluding hydrogens is 194 g/mol. The summed E-state index contributed by atoms with van der Waals surface area (Å²) in [6.45, 7) is 12.7. The standard InChI is InChI=1S/C9H11N.C4H10.C2H6/c1-2-4-9-7-10-6-5-8(9)3-1;1-4(2)3;1-2/h1-4,10H,5-7H2;4H,1-3H3;1-2H3. The fraction of sp³-hybridized carbons (Fsp3) is 0.600. The van der Waals surface area contributed by atoms with Crippen molar-refractivity contribution in [1.82, 2.24) is 5.32 Å². The number of benzene rings is 1. The molecule has 0 saturated carbocycles. The Bertz CT molecular complexity index is 238. The highest BCUT2D eigenvalue weighted by molar-refractivity contribution is 5.28. The Morgan fingerprint density at radius 2 is 1.50 bits per heavy atom. The lowest BCUT2D eigenvalue weighted by atomic mass is 10.0. The minimum atomic E-state index is 0.833. The molecule has 0 saturated heterocycles. The van der Waals surface area contributed by atoms with Crippen LogP contribution in [-0.4, -0.2) is 6.54 Å². The second-order valence-corrected chi connectivity index (χ2v) is 4.43. The molecule has 1 aliphatic rings. The van der Waals surface area contributed by atoms with Crippen molar-refractivity contribution in [3.63, 3.8) is 0 Å². The summed E-state index contributed by atoms with van der Waals surface area (Å²) in [5.74, 6) is 0.833. The van der Waals surface area contributed by atoms with Crippen LogP contribution in [0.5, 0.6) is 0 Å². The third-order valence-electron chi connectivity index (χ3n) is 2.00. The maximum Gasteiger partial charge on any atom is 0.0208 e. The highest BCUT2D eigenvalue weighted by Gasteiger charge is 2.05. The second-order valence-electron chi connectivity index (χ2n) is 4.43. The van der Waals surface area contributed by atoms with Crippen LogP contribution in [0.1, 0.15) is 45.7 Å². The SMILES string of the molecule is CC.CC(C)C.c1ccc2c(c1)CCNC2. The Hall–Kier alpha value is -0.820. The van der Waals surface area contributed by atoms with Crippen molar-refractivity contribution in [1.29, 1.82) is 0 Å². The Labute approximate surface area is 101 Å². The summed E-state index contributed by atoms with van der Waals surface area (Å²) in [6, 6.07) is 8.63. The maximum absolute atomic E-state index is 3.34. The monoisotopic (exact) mass is 221 g/mol. The van der Waals surface area contributed by atoms with Crippen LogP contribution >= 0.6 is 0 Å². The molecule has 1 heterocycles. The van der Waals surface area contributed by atoms with Crippen molar-refractivity contribution in [3.05, 3.63) is 35.4 Å². The fourth-order valence-electron chi connectivity index (χ4n) is 1.42. The van der Waals surface area contributed by atoms with E-state index in [1.165, 1.54) is 17.5 Å². The number of nitrogens with one attached hydrogen (secondary N) is 1. The molecule has 16 heavy (non-hydrogen) atoms. The van der Waals surface area contributed by atoms with Crippen molar-refractivity contribution < 1.29 is 0 Å². The molecule has 0 amide bonds. The first-order chi connectivity index (χ1) is 7.70. The second kappa shape index (κ2) is 9.41. The molecule has 0 fully saturated rings. The fourth-order valence-corrected chi connectivity index (χ4v) is 1.42. The topological polar surface area (TPSA) is 12.0 Å². The largest absolute Gasteiger partial charge is 0.312 e. The molecule has 1 heteroatoms. The van der Waals surface area contributed by atoms with Crippen LogP contribution in [0.15, 0.2) is 24.3 Å². The Kier molecular flexibility index (Phi) is 8.93. The third kappa shape index (κ3) is 6.62. The van der Waals surface area contributed by atoms with Gasteiger partial charge in [0.05, 0.1) is 0 Å². The molecule has 0 radical (unpaired) electrons. The van der Waals surface area contributed by atoms with Gasteiger partial charge in [0, 0.05) is 6.54 Å². The molecule has 1 aliphatic heterocycles. The van der Waals surface area contributed by atoms with E-state index in [1.807, 2.05) is 13.8 Å². The maximum atomic E-state index is 3.34. The molecule has 1 aromatic carbocycles. The van der Waals surface area contributed by atoms with Gasteiger partial charge in [-0.05, 0) is 30.0 Å². The predicted molar refractivity (Wildman–Crippen MR) is 73.7 cm³/mol. The average Bonchev–Trinajstić information content (AvgIpc) is 2.31. The normalized spacial score (nSPS) is 12.9. The minimum absolute atomic E-state index is 0.833. The van der Waals surface area contributed by atoms with Crippen LogP contribution in [-0.2, 0) is 13.0 Å². The Morgan fingerprint density at radius 1 is 1.00 bits per heavy atom. The van der Waals surface area contributed by atoms with Crippen molar-refractivity contribution in [2.75, 3.05) is 6.54 Å². The van der Waals surface area contributed by atoms with Gasteiger partial charge in [-0.3, -0.25) is 0 Å². The van der Waals surface area contributed by atoms with Gasteiger partial charge in [0.1, 0.15) is 0 Å². The van der Waals surface area contributed by atoms with Gasteiger partial charge in [-0.15, -0.1) is 0 Å². The molecule has 0 aliphatic carbocycles. The van der Waals surface area contributed by atoms with Gasteiger partial charge in [-0.1, -0.05) is 58.9 Å². The minimum Gasteiger partial charge on any atom is -0.312 e. The predicted octanol–water partition coefficient (Wildman–Crippen LogP) is 4.02. The average molecular weight is 221 g/mol. The van der Waals surface area contributed by atoms with Crippen LogP contribution in [0.25, 0.3) is 0 Å². The van der Waals surface area contributed by atoms with Crippen LogP contribution in [0, 0.1) is 5.92 Å². The lowest BCUT2D eigenvalue weighted by molar-refractivity contribution is 0.644. The number of rotatable bonds is 0. The lowest BCUT2D eigenvalue weighted by Crippen LogP contribution is -2.23. The molecule has 0 bridgehead atoms. The van der Waals surface area contributed by atoms with E-state index in [4.69, 9.17) is 0 Å². The summed E-state index contributed by atoms with van der Waals surface area (Å²) in [5.41, 5.74) is 2.98. The molecule has 1 aromatic rings. The highest BCUT2D eigenvalue weighted by atomic mass is 14.9. The molecule has 0 atom stereocenters. The van der Waals surface area contributed by atoms with Crippen LogP contribution in [0.2, 0.25) is 0 Å². The Morgan fingerprint density at radius 3 is 2.00 bits per heavy atom. The van der Waals surface area contributed by atoms with Crippen molar-refractivity contribution in [2.24, 2.45) is 5.92 Å². The summed E-state index contributed by atoms with van der Waals surface area (Å²) < 4.78 is 0. The van der Waals surface area contributed by atoms with E-state index in [1.54, 1.807) is 0 Å². The van der Waals surface area contributed by atoms with E-state index in [0.717, 1.165) is 19.0 Å². The van der Waals surface area contributed by atoms with Crippen molar-refractivity contribution >= 4 is 0 Å². The van der Waals surface area contributed by atoms with Gasteiger partial charge >= 0.3 is 0 Å². The Balaban J connectivity index is 0.000000323. The summed E-state index contributed by atoms with van der Waals surface area (Å²) in [5, 5.41) is 3.34. The third-order valence-corrected chi connectivity index (χ3v) is 2.00. The first kappa shape index (κ1) is 15.2. The molecule has 2 rings (SSSR count). The highest BCUT2D eigenvalue weighted by Crippen LogP contribution is 2.11. The van der Waals surface area contributed by atoms with E-state index < -0.39 is 0 Å². The summed E-state index contributed by atoms with van der Waals surface area (Å²) in [4.78, 5) is 0. The first-order valence-electron chi connectivity index (χ1n) is 6.47. The van der Waals surface area contributed by atoms with Crippen molar-refractivity contribution in [3.8, 4) is 0 Å². The molecule has 0 spiro atoms. The molecular formula is C15H27N. The molecule has 1 N–H and O–H groups in total. The number of fused-ring (bicyclic) bond motifs is 1. The van der Waals surface area contributed by atoms with Crippen molar-refractivity contribution in [2.45, 2.75) is 47.6 Å². The molecule has 0 unspecified atom stereocenters. The zero-order valence-corrected chi connectivity index (χ0v) is 11.5. The van der Waals surface area contributed by atoms with Crippen LogP contribution in [0.4, 0.5) is 0 Å². The van der Waals surface area contributed by atoms with E-state index in [9.17, 15) is 0 Å². The van der Waals surface area contributed by atoms with Gasteiger partial charge in [0.25, 0.3) is 0 Å². The van der Waals surface area contributed by atoms with Crippen LogP contribution in [0.3, 0.4) is 0 Å². The summed E-state index contributed by atoms with van der Waals surface area (Å²) in [6.07, 6.45) is 1.19. The summed E-state index contributed by atoms with van der Waals surface area (Å²) in [7, 11) is 0. The quantitative estimate of drug-likeness (QED) is 0.697. The number of hydrogen-bond donors (Lipinski definition) is 1. The molecule has 0 aromatic heterocycles. The molecule has 92 valence electrons. The lowest BCUT2D eigenvalue weighted by Gasteiger charge is -2.15. The van der Waals surface area contributed by atoms with E-state index in [2.05, 4.69) is 50.4 Å². The van der Waals surface area contributed by atoms with Gasteiger partial charge in [0.2, 0.25) is 0 Å². The zero-order valence-electron chi connectivity index (χ0n) is 11.5. The smallest absolute Gasteiger partial charge is 0.0208 e. The van der Waals surface area contributed by atoms with E-state index in [-0.39, 0.29) is 0 Å². The van der Waals surface area contributed by atoms with Gasteiger partial charge in [-0.25, -0.2) is 0 Å². The zero-order chi connectivity index (χ0) is 12.4.